The second kappa shape index (κ2) is 5.16. The molecule has 1 rings (SSSR count). The molecule has 100 valence electrons. The molecule has 1 aromatic carbocycles. The largest absolute Gasteiger partial charge is 0.480 e. The molecule has 0 aliphatic heterocycles. The minimum atomic E-state index is -3.71. The van der Waals surface area contributed by atoms with Gasteiger partial charge in [0, 0.05) is 5.02 Å². The zero-order valence-electron chi connectivity index (χ0n) is 10.2. The summed E-state index contributed by atoms with van der Waals surface area (Å²) in [6, 6.07) is 3.53. The third-order valence-electron chi connectivity index (χ3n) is 2.54. The van der Waals surface area contributed by atoms with Gasteiger partial charge in [-0.3, -0.25) is 4.31 Å². The number of sulfonamides is 1. The lowest BCUT2D eigenvalue weighted by molar-refractivity contribution is -0.137. The lowest BCUT2D eigenvalue weighted by Crippen LogP contribution is -2.43. The summed E-state index contributed by atoms with van der Waals surface area (Å²) < 4.78 is 24.4. The third kappa shape index (κ3) is 2.94. The number of hydrogen-bond acceptors (Lipinski definition) is 3. The number of nitrogens with zero attached hydrogens (tertiary/aromatic N) is 1. The van der Waals surface area contributed by atoms with Crippen molar-refractivity contribution in [2.75, 3.05) is 10.6 Å². The maximum atomic E-state index is 11.8. The maximum Gasteiger partial charge on any atom is 0.327 e. The van der Waals surface area contributed by atoms with E-state index in [1.807, 2.05) is 0 Å². The first-order valence-electron chi connectivity index (χ1n) is 5.13. The highest BCUT2D eigenvalue weighted by atomic mass is 35.5. The molecule has 0 saturated carbocycles. The van der Waals surface area contributed by atoms with Gasteiger partial charge < -0.3 is 5.11 Å². The van der Waals surface area contributed by atoms with Crippen molar-refractivity contribution < 1.29 is 18.3 Å². The van der Waals surface area contributed by atoms with Gasteiger partial charge in [0.05, 0.1) is 11.9 Å². The molecule has 0 spiro atoms. The number of anilines is 1. The Morgan fingerprint density at radius 3 is 2.44 bits per heavy atom. The van der Waals surface area contributed by atoms with Crippen LogP contribution in [0.15, 0.2) is 18.2 Å². The minimum absolute atomic E-state index is 0.278. The molecule has 0 bridgehead atoms. The van der Waals surface area contributed by atoms with E-state index >= 15 is 0 Å². The highest BCUT2D eigenvalue weighted by molar-refractivity contribution is 7.92. The quantitative estimate of drug-likeness (QED) is 0.919. The van der Waals surface area contributed by atoms with E-state index in [9.17, 15) is 13.2 Å². The zero-order chi connectivity index (χ0) is 14.1. The van der Waals surface area contributed by atoms with Crippen LogP contribution in [-0.4, -0.2) is 31.8 Å². The van der Waals surface area contributed by atoms with Crippen LogP contribution in [0.4, 0.5) is 5.69 Å². The lowest BCUT2D eigenvalue weighted by atomic mass is 10.2. The highest BCUT2D eigenvalue weighted by Crippen LogP contribution is 2.29. The molecule has 0 fully saturated rings. The SMILES string of the molecule is Cc1c(Cl)cccc1N(C(C)C(=O)O)S(C)(=O)=O. The number of aliphatic carboxylic acids is 1. The zero-order valence-corrected chi connectivity index (χ0v) is 11.8. The van der Waals surface area contributed by atoms with Crippen LogP contribution in [0.1, 0.15) is 12.5 Å². The van der Waals surface area contributed by atoms with Gasteiger partial charge in [0.2, 0.25) is 10.0 Å². The van der Waals surface area contributed by atoms with Crippen LogP contribution in [0.5, 0.6) is 0 Å². The van der Waals surface area contributed by atoms with Crippen LogP contribution in [-0.2, 0) is 14.8 Å². The number of benzene rings is 1. The summed E-state index contributed by atoms with van der Waals surface area (Å²) >= 11 is 5.92. The molecule has 1 aromatic rings. The van der Waals surface area contributed by atoms with Crippen molar-refractivity contribution in [3.8, 4) is 0 Å². The van der Waals surface area contributed by atoms with Crippen LogP contribution in [0.2, 0.25) is 5.02 Å². The fourth-order valence-corrected chi connectivity index (χ4v) is 3.00. The third-order valence-corrected chi connectivity index (χ3v) is 4.18. The van der Waals surface area contributed by atoms with Crippen molar-refractivity contribution >= 4 is 33.3 Å². The maximum absolute atomic E-state index is 11.8. The van der Waals surface area contributed by atoms with Crippen LogP contribution in [0, 0.1) is 6.92 Å². The molecule has 5 nitrogen and oxygen atoms in total. The topological polar surface area (TPSA) is 74.7 Å². The Morgan fingerprint density at radius 2 is 2.00 bits per heavy atom. The fraction of sp³-hybridized carbons (Fsp3) is 0.364. The summed E-state index contributed by atoms with van der Waals surface area (Å²) in [5.41, 5.74) is 0.803. The molecule has 0 saturated heterocycles. The van der Waals surface area contributed by atoms with Crippen molar-refractivity contribution in [3.05, 3.63) is 28.8 Å². The summed E-state index contributed by atoms with van der Waals surface area (Å²) in [4.78, 5) is 11.0. The lowest BCUT2D eigenvalue weighted by Gasteiger charge is -2.27. The number of carboxylic acids is 1. The molecule has 0 heterocycles. The second-order valence-electron chi connectivity index (χ2n) is 3.96. The molecule has 0 radical (unpaired) electrons. The smallest absolute Gasteiger partial charge is 0.327 e. The molecule has 0 aromatic heterocycles. The number of halogens is 1. The monoisotopic (exact) mass is 291 g/mol. The van der Waals surface area contributed by atoms with Crippen LogP contribution >= 0.6 is 11.6 Å². The standard InChI is InChI=1S/C11H14ClNO4S/c1-7-9(12)5-4-6-10(7)13(18(3,16)17)8(2)11(14)15/h4-6,8H,1-3H3,(H,14,15). The van der Waals surface area contributed by atoms with Gasteiger partial charge in [-0.1, -0.05) is 17.7 Å². The Morgan fingerprint density at radius 1 is 1.44 bits per heavy atom. The summed E-state index contributed by atoms with van der Waals surface area (Å²) in [6.45, 7) is 2.95. The van der Waals surface area contributed by atoms with Gasteiger partial charge >= 0.3 is 5.97 Å². The van der Waals surface area contributed by atoms with Crippen molar-refractivity contribution in [2.24, 2.45) is 0 Å². The average molecular weight is 292 g/mol. The van der Waals surface area contributed by atoms with E-state index in [4.69, 9.17) is 16.7 Å². The van der Waals surface area contributed by atoms with E-state index in [1.54, 1.807) is 19.1 Å². The van der Waals surface area contributed by atoms with Gasteiger partial charge in [0.1, 0.15) is 6.04 Å². The molecule has 0 amide bonds. The fourth-order valence-electron chi connectivity index (χ4n) is 1.61. The summed E-state index contributed by atoms with van der Waals surface area (Å²) in [5, 5.41) is 9.39. The summed E-state index contributed by atoms with van der Waals surface area (Å²) in [6.07, 6.45) is 0.965. The van der Waals surface area contributed by atoms with Gasteiger partial charge in [-0.15, -0.1) is 0 Å². The van der Waals surface area contributed by atoms with Gasteiger partial charge in [0.15, 0.2) is 0 Å². The van der Waals surface area contributed by atoms with E-state index in [1.165, 1.54) is 13.0 Å². The highest BCUT2D eigenvalue weighted by Gasteiger charge is 2.30. The first-order chi connectivity index (χ1) is 8.16. The predicted molar refractivity (Wildman–Crippen MR) is 70.6 cm³/mol. The predicted octanol–water partition coefficient (Wildman–Crippen LogP) is 1.89. The molecule has 1 unspecified atom stereocenters. The molecule has 7 heteroatoms. The second-order valence-corrected chi connectivity index (χ2v) is 6.22. The molecule has 18 heavy (non-hydrogen) atoms. The summed E-state index contributed by atoms with van der Waals surface area (Å²) in [7, 11) is -3.71. The number of rotatable bonds is 4. The first kappa shape index (κ1) is 14.8. The van der Waals surface area contributed by atoms with Crippen LogP contribution < -0.4 is 4.31 Å². The Hall–Kier alpha value is -1.27. The van der Waals surface area contributed by atoms with E-state index in [0.717, 1.165) is 10.6 Å². The molecule has 0 aliphatic carbocycles. The molecule has 1 atom stereocenters. The Kier molecular flexibility index (Phi) is 4.24. The van der Waals surface area contributed by atoms with E-state index in [0.29, 0.717) is 10.6 Å². The van der Waals surface area contributed by atoms with Gasteiger partial charge in [-0.2, -0.15) is 0 Å². The van der Waals surface area contributed by atoms with Crippen molar-refractivity contribution in [1.82, 2.24) is 0 Å². The van der Waals surface area contributed by atoms with Crippen molar-refractivity contribution in [2.45, 2.75) is 19.9 Å². The van der Waals surface area contributed by atoms with Gasteiger partial charge in [-0.25, -0.2) is 13.2 Å². The normalized spacial score (nSPS) is 13.1. The Bertz CT molecular complexity index is 570. The minimum Gasteiger partial charge on any atom is -0.480 e. The Balaban J connectivity index is 3.46. The molecular formula is C11H14ClNO4S. The van der Waals surface area contributed by atoms with Crippen LogP contribution in [0.3, 0.4) is 0 Å². The first-order valence-corrected chi connectivity index (χ1v) is 7.36. The van der Waals surface area contributed by atoms with Crippen molar-refractivity contribution in [3.63, 3.8) is 0 Å². The summed E-state index contributed by atoms with van der Waals surface area (Å²) in [5.74, 6) is -1.22. The number of carboxylic acid groups (broad SMARTS) is 1. The average Bonchev–Trinajstić information content (AvgIpc) is 2.22. The van der Waals surface area contributed by atoms with Gasteiger partial charge in [-0.05, 0) is 31.5 Å². The molecule has 0 aliphatic rings. The van der Waals surface area contributed by atoms with E-state index < -0.39 is 22.0 Å². The van der Waals surface area contributed by atoms with Crippen LogP contribution in [0.25, 0.3) is 0 Å². The number of hydrogen-bond donors (Lipinski definition) is 1. The van der Waals surface area contributed by atoms with E-state index in [-0.39, 0.29) is 5.69 Å². The molecule has 1 N–H and O–H groups in total. The van der Waals surface area contributed by atoms with E-state index in [2.05, 4.69) is 0 Å². The van der Waals surface area contributed by atoms with Gasteiger partial charge in [0.25, 0.3) is 0 Å². The molecular weight excluding hydrogens is 278 g/mol. The number of carbonyl (C=O) groups is 1. The Labute approximate surface area is 111 Å². The van der Waals surface area contributed by atoms with Crippen molar-refractivity contribution in [1.29, 1.82) is 0 Å².